The van der Waals surface area contributed by atoms with Gasteiger partial charge < -0.3 is 10.3 Å². The lowest BCUT2D eigenvalue weighted by Gasteiger charge is -2.23. The zero-order chi connectivity index (χ0) is 10.8. The Morgan fingerprint density at radius 2 is 2.31 bits per heavy atom. The van der Waals surface area contributed by atoms with Crippen molar-refractivity contribution < 1.29 is 0 Å². The molecule has 1 unspecified atom stereocenters. The van der Waals surface area contributed by atoms with Crippen molar-refractivity contribution in [3.63, 3.8) is 0 Å². The highest BCUT2D eigenvalue weighted by Crippen LogP contribution is 2.34. The number of aromatic amines is 1. The van der Waals surface area contributed by atoms with E-state index in [0.29, 0.717) is 5.25 Å². The Labute approximate surface area is 101 Å². The Hall–Kier alpha value is -0.480. The molecule has 1 aliphatic carbocycles. The molecule has 88 valence electrons. The predicted octanol–water partition coefficient (Wildman–Crippen LogP) is 2.27. The Balaban J connectivity index is 1.59. The van der Waals surface area contributed by atoms with Gasteiger partial charge in [-0.2, -0.15) is 11.8 Å². The number of hydrogen-bond donors (Lipinski definition) is 2. The van der Waals surface area contributed by atoms with Gasteiger partial charge in [-0.05, 0) is 25.0 Å². The van der Waals surface area contributed by atoms with Crippen molar-refractivity contribution in [2.75, 3.05) is 12.3 Å². The van der Waals surface area contributed by atoms with Gasteiger partial charge in [0.15, 0.2) is 0 Å². The topological polar surface area (TPSA) is 40.7 Å². The van der Waals surface area contributed by atoms with Crippen molar-refractivity contribution in [2.24, 2.45) is 0 Å². The van der Waals surface area contributed by atoms with E-state index in [1.54, 1.807) is 0 Å². The van der Waals surface area contributed by atoms with Crippen LogP contribution in [0.5, 0.6) is 0 Å². The van der Waals surface area contributed by atoms with Gasteiger partial charge in [0.05, 0.1) is 17.3 Å². The fraction of sp³-hybridized carbons (Fsp3) is 0.750. The van der Waals surface area contributed by atoms with Crippen LogP contribution in [0.25, 0.3) is 0 Å². The molecule has 0 bridgehead atoms. The average Bonchev–Trinajstić information content (AvgIpc) is 2.97. The SMILES string of the molecule is c1nc2c([nH]1)CCSC2CNC1CCCC1. The molecule has 3 rings (SSSR count). The van der Waals surface area contributed by atoms with Gasteiger partial charge in [0.25, 0.3) is 0 Å². The molecule has 0 aromatic carbocycles. The summed E-state index contributed by atoms with van der Waals surface area (Å²) < 4.78 is 0. The highest BCUT2D eigenvalue weighted by molar-refractivity contribution is 7.99. The van der Waals surface area contributed by atoms with Crippen LogP contribution in [0, 0.1) is 0 Å². The number of fused-ring (bicyclic) bond motifs is 1. The van der Waals surface area contributed by atoms with Crippen molar-refractivity contribution in [1.82, 2.24) is 15.3 Å². The smallest absolute Gasteiger partial charge is 0.0925 e. The summed E-state index contributed by atoms with van der Waals surface area (Å²) >= 11 is 2.05. The van der Waals surface area contributed by atoms with Gasteiger partial charge in [0.1, 0.15) is 0 Å². The number of hydrogen-bond acceptors (Lipinski definition) is 3. The number of nitrogens with one attached hydrogen (secondary N) is 2. The van der Waals surface area contributed by atoms with Gasteiger partial charge in [-0.25, -0.2) is 4.98 Å². The van der Waals surface area contributed by atoms with E-state index in [2.05, 4.69) is 15.3 Å². The van der Waals surface area contributed by atoms with Crippen molar-refractivity contribution >= 4 is 11.8 Å². The third-order valence-electron chi connectivity index (χ3n) is 3.67. The maximum Gasteiger partial charge on any atom is 0.0925 e. The van der Waals surface area contributed by atoms with Crippen molar-refractivity contribution in [3.8, 4) is 0 Å². The molecule has 16 heavy (non-hydrogen) atoms. The maximum atomic E-state index is 4.47. The van der Waals surface area contributed by atoms with Crippen LogP contribution in [-0.4, -0.2) is 28.3 Å². The van der Waals surface area contributed by atoms with Crippen molar-refractivity contribution in [1.29, 1.82) is 0 Å². The summed E-state index contributed by atoms with van der Waals surface area (Å²) in [5.74, 6) is 1.23. The molecule has 1 atom stereocenters. The minimum atomic E-state index is 0.565. The summed E-state index contributed by atoms with van der Waals surface area (Å²) in [7, 11) is 0. The van der Waals surface area contributed by atoms with E-state index in [9.17, 15) is 0 Å². The van der Waals surface area contributed by atoms with Crippen LogP contribution in [-0.2, 0) is 6.42 Å². The third-order valence-corrected chi connectivity index (χ3v) is 4.91. The first-order chi connectivity index (χ1) is 7.93. The van der Waals surface area contributed by atoms with E-state index >= 15 is 0 Å². The molecule has 1 aromatic rings. The van der Waals surface area contributed by atoms with Crippen LogP contribution >= 0.6 is 11.8 Å². The molecule has 0 amide bonds. The second-order valence-electron chi connectivity index (χ2n) is 4.77. The Morgan fingerprint density at radius 3 is 3.19 bits per heavy atom. The fourth-order valence-electron chi connectivity index (χ4n) is 2.75. The Bertz CT molecular complexity index is 344. The highest BCUT2D eigenvalue weighted by atomic mass is 32.2. The van der Waals surface area contributed by atoms with Crippen molar-refractivity contribution in [2.45, 2.75) is 43.4 Å². The number of H-pyrrole nitrogens is 1. The second kappa shape index (κ2) is 4.80. The lowest BCUT2D eigenvalue weighted by molar-refractivity contribution is 0.521. The minimum Gasteiger partial charge on any atom is -0.348 e. The number of aryl methyl sites for hydroxylation is 1. The standard InChI is InChI=1S/C12H19N3S/c1-2-4-9(3-1)13-7-11-12-10(5-6-16-11)14-8-15-12/h8-9,11,13H,1-7H2,(H,14,15). The van der Waals surface area contributed by atoms with Gasteiger partial charge in [-0.1, -0.05) is 12.8 Å². The Kier molecular flexibility index (Phi) is 3.20. The zero-order valence-electron chi connectivity index (χ0n) is 9.54. The van der Waals surface area contributed by atoms with E-state index in [-0.39, 0.29) is 0 Å². The number of rotatable bonds is 3. The maximum absolute atomic E-state index is 4.47. The molecule has 0 saturated heterocycles. The first-order valence-electron chi connectivity index (χ1n) is 6.30. The summed E-state index contributed by atoms with van der Waals surface area (Å²) in [6.07, 6.45) is 8.54. The zero-order valence-corrected chi connectivity index (χ0v) is 10.4. The first-order valence-corrected chi connectivity index (χ1v) is 7.35. The van der Waals surface area contributed by atoms with Gasteiger partial charge >= 0.3 is 0 Å². The minimum absolute atomic E-state index is 0.565. The van der Waals surface area contributed by atoms with Crippen molar-refractivity contribution in [3.05, 3.63) is 17.7 Å². The fourth-order valence-corrected chi connectivity index (χ4v) is 3.93. The molecule has 1 saturated carbocycles. The van der Waals surface area contributed by atoms with Crippen LogP contribution in [0.4, 0.5) is 0 Å². The quantitative estimate of drug-likeness (QED) is 0.847. The normalized spacial score (nSPS) is 25.9. The van der Waals surface area contributed by atoms with Gasteiger partial charge in [0, 0.05) is 18.3 Å². The highest BCUT2D eigenvalue weighted by Gasteiger charge is 2.24. The summed E-state index contributed by atoms with van der Waals surface area (Å²) in [5, 5.41) is 4.27. The number of nitrogens with zero attached hydrogens (tertiary/aromatic N) is 1. The molecule has 1 aliphatic heterocycles. The van der Waals surface area contributed by atoms with E-state index in [1.807, 2.05) is 18.1 Å². The summed E-state index contributed by atoms with van der Waals surface area (Å²) in [5.41, 5.74) is 2.65. The largest absolute Gasteiger partial charge is 0.348 e. The van der Waals surface area contributed by atoms with Gasteiger partial charge in [-0.3, -0.25) is 0 Å². The molecule has 0 radical (unpaired) electrons. The molecule has 2 N–H and O–H groups in total. The summed E-state index contributed by atoms with van der Waals surface area (Å²) in [4.78, 5) is 7.73. The van der Waals surface area contributed by atoms with Crippen LogP contribution in [0.3, 0.4) is 0 Å². The molecule has 1 aromatic heterocycles. The molecule has 1 fully saturated rings. The van der Waals surface area contributed by atoms with Gasteiger partial charge in [0.2, 0.25) is 0 Å². The monoisotopic (exact) mass is 237 g/mol. The molecule has 2 aliphatic rings. The van der Waals surface area contributed by atoms with Crippen LogP contribution in [0.1, 0.15) is 42.3 Å². The van der Waals surface area contributed by atoms with E-state index < -0.39 is 0 Å². The second-order valence-corrected chi connectivity index (χ2v) is 6.08. The molecule has 0 spiro atoms. The predicted molar refractivity (Wildman–Crippen MR) is 67.7 cm³/mol. The van der Waals surface area contributed by atoms with Gasteiger partial charge in [-0.15, -0.1) is 0 Å². The van der Waals surface area contributed by atoms with E-state index in [1.165, 1.54) is 42.8 Å². The van der Waals surface area contributed by atoms with E-state index in [0.717, 1.165) is 19.0 Å². The van der Waals surface area contributed by atoms with Crippen LogP contribution in [0.15, 0.2) is 6.33 Å². The van der Waals surface area contributed by atoms with Crippen LogP contribution < -0.4 is 5.32 Å². The van der Waals surface area contributed by atoms with Crippen LogP contribution in [0.2, 0.25) is 0 Å². The average molecular weight is 237 g/mol. The number of thioether (sulfide) groups is 1. The molecule has 4 heteroatoms. The number of aromatic nitrogens is 2. The molecular weight excluding hydrogens is 218 g/mol. The summed E-state index contributed by atoms with van der Waals surface area (Å²) in [6, 6.07) is 0.768. The lowest BCUT2D eigenvalue weighted by Crippen LogP contribution is -2.31. The Morgan fingerprint density at radius 1 is 1.44 bits per heavy atom. The molecular formula is C12H19N3S. The third kappa shape index (κ3) is 2.13. The first kappa shape index (κ1) is 10.7. The summed E-state index contributed by atoms with van der Waals surface area (Å²) in [6.45, 7) is 1.09. The molecule has 2 heterocycles. The number of imidazole rings is 1. The molecule has 3 nitrogen and oxygen atoms in total. The van der Waals surface area contributed by atoms with E-state index in [4.69, 9.17) is 0 Å². The lowest BCUT2D eigenvalue weighted by atomic mass is 10.2.